The minimum Gasteiger partial charge on any atom is -0.481 e. The standard InChI is InChI=1S/C22H34O4/c23-19(16-8-4-3-5-9-16)13-12-18-17(20-14-15-21(18)26-20)10-6-1-2-7-11-22(24)25/h1,6,12-13,16-21,23H,2-5,7-11,14-15H2,(H,24,25)/b6-1-,13-12+/t17-,18-,19?,20+,21-/m0/s1. The summed E-state index contributed by atoms with van der Waals surface area (Å²) in [5, 5.41) is 19.2. The van der Waals surface area contributed by atoms with Crippen molar-refractivity contribution in [3.63, 3.8) is 0 Å². The summed E-state index contributed by atoms with van der Waals surface area (Å²) in [4.78, 5) is 10.5. The summed E-state index contributed by atoms with van der Waals surface area (Å²) in [6.45, 7) is 0. The van der Waals surface area contributed by atoms with Gasteiger partial charge in [0.25, 0.3) is 0 Å². The third kappa shape index (κ3) is 5.20. The third-order valence-electron chi connectivity index (χ3n) is 6.49. The zero-order valence-electron chi connectivity index (χ0n) is 15.8. The molecule has 0 aromatic rings. The highest BCUT2D eigenvalue weighted by Crippen LogP contribution is 2.46. The number of aliphatic hydroxyl groups excluding tert-OH is 1. The zero-order chi connectivity index (χ0) is 18.4. The van der Waals surface area contributed by atoms with Gasteiger partial charge in [-0.2, -0.15) is 0 Å². The summed E-state index contributed by atoms with van der Waals surface area (Å²) in [7, 11) is 0. The molecule has 1 saturated carbocycles. The van der Waals surface area contributed by atoms with Gasteiger partial charge in [0, 0.05) is 12.3 Å². The maximum Gasteiger partial charge on any atom is 0.303 e. The predicted molar refractivity (Wildman–Crippen MR) is 102 cm³/mol. The number of hydrogen-bond donors (Lipinski definition) is 2. The van der Waals surface area contributed by atoms with E-state index in [2.05, 4.69) is 18.2 Å². The second-order valence-corrected chi connectivity index (χ2v) is 8.30. The molecule has 4 heteroatoms. The molecule has 146 valence electrons. The van der Waals surface area contributed by atoms with Crippen LogP contribution >= 0.6 is 0 Å². The summed E-state index contributed by atoms with van der Waals surface area (Å²) in [5.74, 6) is 0.628. The Morgan fingerprint density at radius 2 is 1.85 bits per heavy atom. The molecule has 2 heterocycles. The van der Waals surface area contributed by atoms with Gasteiger partial charge >= 0.3 is 5.97 Å². The summed E-state index contributed by atoms with van der Waals surface area (Å²) in [6.07, 6.45) is 20.2. The molecule has 3 fully saturated rings. The lowest BCUT2D eigenvalue weighted by molar-refractivity contribution is -0.137. The van der Waals surface area contributed by atoms with Gasteiger partial charge in [-0.05, 0) is 56.8 Å². The Hall–Kier alpha value is -1.13. The van der Waals surface area contributed by atoms with Crippen LogP contribution in [0.5, 0.6) is 0 Å². The number of aliphatic hydroxyl groups is 1. The fourth-order valence-corrected chi connectivity index (χ4v) is 5.00. The normalized spacial score (nSPS) is 33.4. The van der Waals surface area contributed by atoms with Crippen LogP contribution in [0.3, 0.4) is 0 Å². The summed E-state index contributed by atoms with van der Waals surface area (Å²) >= 11 is 0. The van der Waals surface area contributed by atoms with Gasteiger partial charge in [0.1, 0.15) is 0 Å². The molecule has 3 aliphatic rings. The maximum atomic E-state index is 10.5. The first-order valence-corrected chi connectivity index (χ1v) is 10.5. The fraction of sp³-hybridized carbons (Fsp3) is 0.773. The van der Waals surface area contributed by atoms with E-state index in [0.29, 0.717) is 36.4 Å². The minimum atomic E-state index is -0.721. The molecular formula is C22H34O4. The van der Waals surface area contributed by atoms with Gasteiger partial charge in [-0.25, -0.2) is 0 Å². The number of allylic oxidation sites excluding steroid dienone is 2. The second kappa shape index (κ2) is 9.70. The molecule has 0 spiro atoms. The number of fused-ring (bicyclic) bond motifs is 2. The molecule has 0 aromatic carbocycles. The van der Waals surface area contributed by atoms with Gasteiger partial charge in [-0.3, -0.25) is 4.79 Å². The average molecular weight is 363 g/mol. The molecule has 5 atom stereocenters. The van der Waals surface area contributed by atoms with Crippen molar-refractivity contribution in [1.29, 1.82) is 0 Å². The molecule has 2 N–H and O–H groups in total. The number of hydrogen-bond acceptors (Lipinski definition) is 3. The zero-order valence-corrected chi connectivity index (χ0v) is 15.8. The highest BCUT2D eigenvalue weighted by atomic mass is 16.5. The monoisotopic (exact) mass is 362 g/mol. The van der Waals surface area contributed by atoms with E-state index in [0.717, 1.165) is 38.5 Å². The Bertz CT molecular complexity index is 506. The van der Waals surface area contributed by atoms with Crippen LogP contribution in [0.4, 0.5) is 0 Å². The van der Waals surface area contributed by atoms with Crippen molar-refractivity contribution in [2.45, 2.75) is 88.9 Å². The van der Waals surface area contributed by atoms with Gasteiger partial charge in [0.05, 0.1) is 18.3 Å². The molecule has 0 radical (unpaired) electrons. The van der Waals surface area contributed by atoms with Gasteiger partial charge in [0.15, 0.2) is 0 Å². The number of carboxylic acid groups (broad SMARTS) is 1. The van der Waals surface area contributed by atoms with Gasteiger partial charge in [-0.15, -0.1) is 0 Å². The van der Waals surface area contributed by atoms with E-state index >= 15 is 0 Å². The number of aliphatic carboxylic acids is 1. The molecule has 2 saturated heterocycles. The van der Waals surface area contributed by atoms with Crippen molar-refractivity contribution in [3.05, 3.63) is 24.3 Å². The van der Waals surface area contributed by atoms with Gasteiger partial charge in [-0.1, -0.05) is 43.6 Å². The number of carbonyl (C=O) groups is 1. The van der Waals surface area contributed by atoms with Crippen LogP contribution in [0, 0.1) is 17.8 Å². The quantitative estimate of drug-likeness (QED) is 0.469. The molecule has 0 amide bonds. The van der Waals surface area contributed by atoms with Crippen molar-refractivity contribution in [2.24, 2.45) is 17.8 Å². The lowest BCUT2D eigenvalue weighted by atomic mass is 9.76. The maximum absolute atomic E-state index is 10.5. The summed E-state index contributed by atoms with van der Waals surface area (Å²) in [6, 6.07) is 0. The van der Waals surface area contributed by atoms with Crippen molar-refractivity contribution < 1.29 is 19.7 Å². The van der Waals surface area contributed by atoms with Gasteiger partial charge < -0.3 is 14.9 Å². The molecular weight excluding hydrogens is 328 g/mol. The van der Waals surface area contributed by atoms with E-state index in [4.69, 9.17) is 9.84 Å². The highest BCUT2D eigenvalue weighted by molar-refractivity contribution is 5.66. The van der Waals surface area contributed by atoms with E-state index < -0.39 is 5.97 Å². The van der Waals surface area contributed by atoms with Crippen molar-refractivity contribution in [3.8, 4) is 0 Å². The topological polar surface area (TPSA) is 66.8 Å². The molecule has 3 rings (SSSR count). The number of carboxylic acids is 1. The Morgan fingerprint density at radius 1 is 1.08 bits per heavy atom. The van der Waals surface area contributed by atoms with Crippen molar-refractivity contribution in [2.75, 3.05) is 0 Å². The van der Waals surface area contributed by atoms with Crippen LogP contribution in [0.2, 0.25) is 0 Å². The van der Waals surface area contributed by atoms with Crippen LogP contribution in [0.15, 0.2) is 24.3 Å². The Kier molecular flexibility index (Phi) is 7.32. The molecule has 1 aliphatic carbocycles. The van der Waals surface area contributed by atoms with Crippen molar-refractivity contribution >= 4 is 5.97 Å². The molecule has 26 heavy (non-hydrogen) atoms. The number of unbranched alkanes of at least 4 members (excludes halogenated alkanes) is 1. The largest absolute Gasteiger partial charge is 0.481 e. The van der Waals surface area contributed by atoms with E-state index in [1.54, 1.807) is 0 Å². The first-order valence-electron chi connectivity index (χ1n) is 10.5. The minimum absolute atomic E-state index is 0.242. The Balaban J connectivity index is 1.49. The summed E-state index contributed by atoms with van der Waals surface area (Å²) < 4.78 is 6.14. The van der Waals surface area contributed by atoms with Crippen molar-refractivity contribution in [1.82, 2.24) is 0 Å². The smallest absolute Gasteiger partial charge is 0.303 e. The number of rotatable bonds is 9. The molecule has 2 aliphatic heterocycles. The molecule has 2 bridgehead atoms. The van der Waals surface area contributed by atoms with E-state index in [-0.39, 0.29) is 12.5 Å². The fourth-order valence-electron chi connectivity index (χ4n) is 5.00. The average Bonchev–Trinajstić information content (AvgIpc) is 3.24. The Labute approximate surface area is 157 Å². The van der Waals surface area contributed by atoms with Crippen LogP contribution in [0.1, 0.15) is 70.6 Å². The van der Waals surface area contributed by atoms with Crippen LogP contribution < -0.4 is 0 Å². The first-order chi connectivity index (χ1) is 12.6. The van der Waals surface area contributed by atoms with E-state index in [1.807, 2.05) is 6.08 Å². The SMILES string of the molecule is O=C(O)CCC/C=C\C[C@H]1[C@H](/C=C/C(O)C2CCCCC2)[C@@H]2CC[C@H]1O2. The molecule has 1 unspecified atom stereocenters. The molecule has 0 aromatic heterocycles. The first kappa shape index (κ1) is 19.6. The lowest BCUT2D eigenvalue weighted by Gasteiger charge is -2.27. The highest BCUT2D eigenvalue weighted by Gasteiger charge is 2.46. The Morgan fingerprint density at radius 3 is 2.62 bits per heavy atom. The van der Waals surface area contributed by atoms with Crippen LogP contribution in [-0.2, 0) is 9.53 Å². The van der Waals surface area contributed by atoms with Crippen LogP contribution in [-0.4, -0.2) is 34.5 Å². The van der Waals surface area contributed by atoms with Crippen LogP contribution in [0.25, 0.3) is 0 Å². The second-order valence-electron chi connectivity index (χ2n) is 8.30. The predicted octanol–water partition coefficient (Wildman–Crippen LogP) is 4.48. The molecule has 4 nitrogen and oxygen atoms in total. The number of ether oxygens (including phenoxy) is 1. The van der Waals surface area contributed by atoms with E-state index in [9.17, 15) is 9.90 Å². The van der Waals surface area contributed by atoms with E-state index in [1.165, 1.54) is 19.3 Å². The van der Waals surface area contributed by atoms with Gasteiger partial charge in [0.2, 0.25) is 0 Å². The summed E-state index contributed by atoms with van der Waals surface area (Å²) in [5.41, 5.74) is 0. The third-order valence-corrected chi connectivity index (χ3v) is 6.49. The lowest BCUT2D eigenvalue weighted by Crippen LogP contribution is -2.26.